The van der Waals surface area contributed by atoms with Crippen LogP contribution in [0.5, 0.6) is 5.75 Å². The van der Waals surface area contributed by atoms with Crippen LogP contribution in [0, 0.1) is 11.3 Å². The Hall–Kier alpha value is -3.37. The van der Waals surface area contributed by atoms with Gasteiger partial charge in [0.1, 0.15) is 18.4 Å². The van der Waals surface area contributed by atoms with E-state index in [2.05, 4.69) is 16.6 Å². The van der Waals surface area contributed by atoms with Crippen LogP contribution in [0.1, 0.15) is 18.1 Å². The van der Waals surface area contributed by atoms with Crippen molar-refractivity contribution in [1.82, 2.24) is 5.43 Å². The molecule has 1 aliphatic rings. The van der Waals surface area contributed by atoms with E-state index in [9.17, 15) is 15.2 Å². The highest BCUT2D eigenvalue weighted by Crippen LogP contribution is 2.27. The summed E-state index contributed by atoms with van der Waals surface area (Å²) in [6.45, 7) is 1.85. The molecule has 0 amide bonds. The lowest BCUT2D eigenvalue weighted by molar-refractivity contribution is -0.140. The summed E-state index contributed by atoms with van der Waals surface area (Å²) >= 11 is 0. The van der Waals surface area contributed by atoms with Crippen LogP contribution >= 0.6 is 0 Å². The molecule has 2 aromatic rings. The molecule has 7 nitrogen and oxygen atoms in total. The molecule has 1 heterocycles. The molecule has 25 heavy (non-hydrogen) atoms. The van der Waals surface area contributed by atoms with Crippen molar-refractivity contribution in [3.63, 3.8) is 0 Å². The lowest BCUT2D eigenvalue weighted by atomic mass is 10.1. The highest BCUT2D eigenvalue weighted by Gasteiger charge is 2.37. The SMILES string of the molecule is CC1(C(=O)O)C=NN(c2ccc(OCc3ccccc3)c(C#N)c2)N1. The number of rotatable bonds is 5. The molecule has 126 valence electrons. The molecule has 1 atom stereocenters. The van der Waals surface area contributed by atoms with Crippen LogP contribution < -0.4 is 15.3 Å². The van der Waals surface area contributed by atoms with E-state index in [1.807, 2.05) is 30.3 Å². The number of nitrogens with one attached hydrogen (secondary N) is 1. The zero-order valence-electron chi connectivity index (χ0n) is 13.5. The quantitative estimate of drug-likeness (QED) is 0.869. The van der Waals surface area contributed by atoms with Crippen LogP contribution in [0.25, 0.3) is 0 Å². The number of benzene rings is 2. The first kappa shape index (κ1) is 16.5. The molecule has 0 radical (unpaired) electrons. The van der Waals surface area contributed by atoms with E-state index >= 15 is 0 Å². The third-order valence-corrected chi connectivity index (χ3v) is 3.78. The topological polar surface area (TPSA) is 97.9 Å². The van der Waals surface area contributed by atoms with Gasteiger partial charge in [0.15, 0.2) is 5.54 Å². The number of nitriles is 1. The smallest absolute Gasteiger partial charge is 0.331 e. The van der Waals surface area contributed by atoms with E-state index < -0.39 is 11.5 Å². The minimum Gasteiger partial charge on any atom is -0.488 e. The van der Waals surface area contributed by atoms with Gasteiger partial charge in [-0.15, -0.1) is 0 Å². The van der Waals surface area contributed by atoms with Crippen LogP contribution in [0.2, 0.25) is 0 Å². The normalized spacial score (nSPS) is 18.8. The summed E-state index contributed by atoms with van der Waals surface area (Å²) in [6.07, 6.45) is 1.31. The Morgan fingerprint density at radius 1 is 1.36 bits per heavy atom. The van der Waals surface area contributed by atoms with Crippen molar-refractivity contribution in [2.24, 2.45) is 5.10 Å². The zero-order valence-corrected chi connectivity index (χ0v) is 13.5. The average molecular weight is 336 g/mol. The number of aliphatic carboxylic acids is 1. The summed E-state index contributed by atoms with van der Waals surface area (Å²) in [5, 5.41) is 24.0. The Kier molecular flexibility index (Phi) is 4.37. The number of hydrogen-bond acceptors (Lipinski definition) is 6. The second-order valence-corrected chi connectivity index (χ2v) is 5.74. The Bertz CT molecular complexity index is 860. The van der Waals surface area contributed by atoms with Crippen molar-refractivity contribution in [3.8, 4) is 11.8 Å². The fourth-order valence-corrected chi connectivity index (χ4v) is 2.28. The molecule has 0 aromatic heterocycles. The van der Waals surface area contributed by atoms with Crippen molar-refractivity contribution in [1.29, 1.82) is 5.26 Å². The number of hydrazine groups is 1. The van der Waals surface area contributed by atoms with Gasteiger partial charge in [-0.05, 0) is 30.7 Å². The molecule has 0 fully saturated rings. The lowest BCUT2D eigenvalue weighted by Gasteiger charge is -2.21. The van der Waals surface area contributed by atoms with Gasteiger partial charge in [0, 0.05) is 0 Å². The van der Waals surface area contributed by atoms with E-state index in [1.54, 1.807) is 18.2 Å². The van der Waals surface area contributed by atoms with Gasteiger partial charge in [0.2, 0.25) is 0 Å². The molecule has 3 rings (SSSR count). The predicted octanol–water partition coefficient (Wildman–Crippen LogP) is 2.29. The number of carboxylic acids is 1. The lowest BCUT2D eigenvalue weighted by Crippen LogP contribution is -2.51. The van der Waals surface area contributed by atoms with E-state index in [0.717, 1.165) is 5.56 Å². The number of anilines is 1. The van der Waals surface area contributed by atoms with Gasteiger partial charge < -0.3 is 9.84 Å². The Labute approximate surface area is 144 Å². The summed E-state index contributed by atoms with van der Waals surface area (Å²) in [5.74, 6) is -0.582. The standard InChI is InChI=1S/C18H16N4O3/c1-18(17(23)24)12-20-22(21-18)15-7-8-16(14(9-15)10-19)25-11-13-5-3-2-4-6-13/h2-9,12,21H,11H2,1H3,(H,23,24). The van der Waals surface area contributed by atoms with Gasteiger partial charge in [0.25, 0.3) is 0 Å². The molecule has 0 saturated heterocycles. The van der Waals surface area contributed by atoms with Crippen LogP contribution in [0.3, 0.4) is 0 Å². The summed E-state index contributed by atoms with van der Waals surface area (Å²) in [7, 11) is 0. The van der Waals surface area contributed by atoms with E-state index in [1.165, 1.54) is 18.3 Å². The maximum absolute atomic E-state index is 11.2. The van der Waals surface area contributed by atoms with E-state index in [-0.39, 0.29) is 0 Å². The highest BCUT2D eigenvalue weighted by atomic mass is 16.5. The summed E-state index contributed by atoms with van der Waals surface area (Å²) < 4.78 is 5.72. The van der Waals surface area contributed by atoms with Gasteiger partial charge >= 0.3 is 5.97 Å². The van der Waals surface area contributed by atoms with Crippen molar-refractivity contribution in [2.75, 3.05) is 5.12 Å². The van der Waals surface area contributed by atoms with Crippen molar-refractivity contribution >= 4 is 17.9 Å². The van der Waals surface area contributed by atoms with Crippen LogP contribution in [0.4, 0.5) is 5.69 Å². The molecule has 0 saturated carbocycles. The monoisotopic (exact) mass is 336 g/mol. The second kappa shape index (κ2) is 6.63. The zero-order chi connectivity index (χ0) is 17.9. The predicted molar refractivity (Wildman–Crippen MR) is 92.1 cm³/mol. The van der Waals surface area contributed by atoms with Crippen LogP contribution in [-0.4, -0.2) is 22.8 Å². The van der Waals surface area contributed by atoms with Gasteiger partial charge in [-0.3, -0.25) is 0 Å². The van der Waals surface area contributed by atoms with Crippen molar-refractivity contribution in [3.05, 3.63) is 59.7 Å². The number of ether oxygens (including phenoxy) is 1. The molecular weight excluding hydrogens is 320 g/mol. The van der Waals surface area contributed by atoms with Gasteiger partial charge in [-0.2, -0.15) is 20.9 Å². The highest BCUT2D eigenvalue weighted by molar-refractivity contribution is 6.00. The Balaban J connectivity index is 1.76. The first-order valence-corrected chi connectivity index (χ1v) is 7.59. The maximum atomic E-state index is 11.2. The largest absolute Gasteiger partial charge is 0.488 e. The van der Waals surface area contributed by atoms with Gasteiger partial charge in [-0.1, -0.05) is 30.3 Å². The molecule has 1 unspecified atom stereocenters. The fourth-order valence-electron chi connectivity index (χ4n) is 2.28. The molecule has 2 aromatic carbocycles. The minimum atomic E-state index is -1.28. The molecule has 1 aliphatic heterocycles. The van der Waals surface area contributed by atoms with Crippen LogP contribution in [-0.2, 0) is 11.4 Å². The summed E-state index contributed by atoms with van der Waals surface area (Å²) in [6, 6.07) is 16.7. The average Bonchev–Trinajstić information content (AvgIpc) is 3.04. The van der Waals surface area contributed by atoms with Crippen molar-refractivity contribution in [2.45, 2.75) is 19.1 Å². The second-order valence-electron chi connectivity index (χ2n) is 5.74. The first-order valence-electron chi connectivity index (χ1n) is 7.59. The number of carboxylic acid groups (broad SMARTS) is 1. The van der Waals surface area contributed by atoms with Gasteiger partial charge in [-0.25, -0.2) is 4.79 Å². The van der Waals surface area contributed by atoms with Gasteiger partial charge in [0.05, 0.1) is 17.5 Å². The molecule has 7 heteroatoms. The minimum absolute atomic E-state index is 0.342. The fraction of sp³-hybridized carbons (Fsp3) is 0.167. The molecule has 0 aliphatic carbocycles. The third-order valence-electron chi connectivity index (χ3n) is 3.78. The Morgan fingerprint density at radius 3 is 2.76 bits per heavy atom. The number of hydrogen-bond donors (Lipinski definition) is 2. The summed E-state index contributed by atoms with van der Waals surface area (Å²) in [4.78, 5) is 11.2. The molecule has 0 spiro atoms. The third kappa shape index (κ3) is 3.44. The molecule has 0 bridgehead atoms. The van der Waals surface area contributed by atoms with E-state index in [0.29, 0.717) is 23.6 Å². The first-order chi connectivity index (χ1) is 12.0. The number of carbonyl (C=O) groups is 1. The van der Waals surface area contributed by atoms with Crippen LogP contribution in [0.15, 0.2) is 53.6 Å². The molecule has 2 N–H and O–H groups in total. The maximum Gasteiger partial charge on any atom is 0.331 e. The van der Waals surface area contributed by atoms with Crippen molar-refractivity contribution < 1.29 is 14.6 Å². The number of hydrazone groups is 1. The Morgan fingerprint density at radius 2 is 2.12 bits per heavy atom. The molecular formula is C18H16N4O3. The van der Waals surface area contributed by atoms with E-state index in [4.69, 9.17) is 4.74 Å². The summed E-state index contributed by atoms with van der Waals surface area (Å²) in [5.41, 5.74) is 3.38. The number of nitrogens with zero attached hydrogens (tertiary/aromatic N) is 3.